The Balaban J connectivity index is 1.64. The summed E-state index contributed by atoms with van der Waals surface area (Å²) in [7, 11) is 0. The average Bonchev–Trinajstić information content (AvgIpc) is 3.10. The molecule has 0 bridgehead atoms. The predicted molar refractivity (Wildman–Crippen MR) is 83.2 cm³/mol. The Morgan fingerprint density at radius 3 is 2.90 bits per heavy atom. The molecule has 1 aliphatic carbocycles. The summed E-state index contributed by atoms with van der Waals surface area (Å²) in [6.45, 7) is 0.742. The second kappa shape index (κ2) is 6.00. The highest BCUT2D eigenvalue weighted by Gasteiger charge is 2.26. The summed E-state index contributed by atoms with van der Waals surface area (Å²) < 4.78 is 5.58. The third-order valence-corrected chi connectivity index (χ3v) is 5.02. The van der Waals surface area contributed by atoms with Crippen LogP contribution >= 0.6 is 15.9 Å². The lowest BCUT2D eigenvalue weighted by Gasteiger charge is -2.17. The SMILES string of the molecule is O=C(NCC1CCCC1CBr)c1cc2ccccc2o1. The Bertz CT molecular complexity index is 574. The van der Waals surface area contributed by atoms with Gasteiger partial charge in [-0.05, 0) is 36.8 Å². The summed E-state index contributed by atoms with van der Waals surface area (Å²) >= 11 is 3.56. The summed E-state index contributed by atoms with van der Waals surface area (Å²) in [5, 5.41) is 5.01. The fourth-order valence-corrected chi connectivity index (χ4v) is 3.84. The van der Waals surface area contributed by atoms with Crippen LogP contribution in [-0.4, -0.2) is 17.8 Å². The largest absolute Gasteiger partial charge is 0.451 e. The molecule has 0 aliphatic heterocycles. The molecule has 0 spiro atoms. The van der Waals surface area contributed by atoms with Crippen LogP contribution in [0.1, 0.15) is 29.8 Å². The maximum absolute atomic E-state index is 12.1. The van der Waals surface area contributed by atoms with E-state index in [4.69, 9.17) is 4.42 Å². The van der Waals surface area contributed by atoms with Gasteiger partial charge in [-0.3, -0.25) is 4.79 Å². The maximum atomic E-state index is 12.1. The number of amides is 1. The van der Waals surface area contributed by atoms with E-state index >= 15 is 0 Å². The second-order valence-electron chi connectivity index (χ2n) is 5.46. The van der Waals surface area contributed by atoms with Crippen LogP contribution in [0.2, 0.25) is 0 Å². The molecule has 1 saturated carbocycles. The third kappa shape index (κ3) is 2.75. The number of nitrogens with one attached hydrogen (secondary N) is 1. The molecule has 2 atom stereocenters. The summed E-state index contributed by atoms with van der Waals surface area (Å²) in [5.41, 5.74) is 0.761. The lowest BCUT2D eigenvalue weighted by atomic mass is 9.98. The highest BCUT2D eigenvalue weighted by molar-refractivity contribution is 9.09. The van der Waals surface area contributed by atoms with Crippen molar-refractivity contribution < 1.29 is 9.21 Å². The molecule has 1 amide bonds. The van der Waals surface area contributed by atoms with Crippen molar-refractivity contribution in [1.82, 2.24) is 5.32 Å². The maximum Gasteiger partial charge on any atom is 0.287 e. The van der Waals surface area contributed by atoms with Crippen molar-refractivity contribution in [2.75, 3.05) is 11.9 Å². The Morgan fingerprint density at radius 2 is 2.10 bits per heavy atom. The Morgan fingerprint density at radius 1 is 1.30 bits per heavy atom. The average molecular weight is 336 g/mol. The van der Waals surface area contributed by atoms with Gasteiger partial charge in [0.25, 0.3) is 5.91 Å². The van der Waals surface area contributed by atoms with Gasteiger partial charge in [-0.1, -0.05) is 40.5 Å². The first-order valence-electron chi connectivity index (χ1n) is 7.10. The minimum Gasteiger partial charge on any atom is -0.451 e. The molecule has 20 heavy (non-hydrogen) atoms. The fourth-order valence-electron chi connectivity index (χ4n) is 2.99. The quantitative estimate of drug-likeness (QED) is 0.859. The van der Waals surface area contributed by atoms with Gasteiger partial charge in [0.15, 0.2) is 5.76 Å². The van der Waals surface area contributed by atoms with Gasteiger partial charge in [0, 0.05) is 17.3 Å². The number of halogens is 1. The first-order chi connectivity index (χ1) is 9.78. The highest BCUT2D eigenvalue weighted by Crippen LogP contribution is 2.32. The molecular weight excluding hydrogens is 318 g/mol. The Kier molecular flexibility index (Phi) is 4.10. The van der Waals surface area contributed by atoms with E-state index in [0.717, 1.165) is 22.8 Å². The molecule has 1 heterocycles. The molecule has 1 fully saturated rings. The lowest BCUT2D eigenvalue weighted by molar-refractivity contribution is 0.0919. The van der Waals surface area contributed by atoms with Crippen LogP contribution in [-0.2, 0) is 0 Å². The molecule has 2 unspecified atom stereocenters. The topological polar surface area (TPSA) is 42.2 Å². The molecule has 3 nitrogen and oxygen atoms in total. The zero-order chi connectivity index (χ0) is 13.9. The van der Waals surface area contributed by atoms with Crippen LogP contribution in [0, 0.1) is 11.8 Å². The van der Waals surface area contributed by atoms with E-state index < -0.39 is 0 Å². The van der Waals surface area contributed by atoms with Crippen LogP contribution in [0.25, 0.3) is 11.0 Å². The van der Waals surface area contributed by atoms with Crippen molar-refractivity contribution in [3.05, 3.63) is 36.1 Å². The number of carbonyl (C=O) groups is 1. The summed E-state index contributed by atoms with van der Waals surface area (Å²) in [6.07, 6.45) is 3.73. The third-order valence-electron chi connectivity index (χ3n) is 4.19. The predicted octanol–water partition coefficient (Wildman–Crippen LogP) is 3.97. The zero-order valence-electron chi connectivity index (χ0n) is 11.3. The van der Waals surface area contributed by atoms with Crippen LogP contribution < -0.4 is 5.32 Å². The number of para-hydroxylation sites is 1. The van der Waals surface area contributed by atoms with Crippen molar-refractivity contribution in [2.24, 2.45) is 11.8 Å². The van der Waals surface area contributed by atoms with Gasteiger partial charge in [0.05, 0.1) is 0 Å². The normalized spacial score (nSPS) is 22.2. The molecule has 0 saturated heterocycles. The first-order valence-corrected chi connectivity index (χ1v) is 8.23. The molecule has 1 aromatic heterocycles. The van der Waals surface area contributed by atoms with Gasteiger partial charge in [-0.2, -0.15) is 0 Å². The number of furan rings is 1. The molecule has 4 heteroatoms. The van der Waals surface area contributed by atoms with Crippen LogP contribution in [0.3, 0.4) is 0 Å². The van der Waals surface area contributed by atoms with Gasteiger partial charge in [0.1, 0.15) is 5.58 Å². The smallest absolute Gasteiger partial charge is 0.287 e. The van der Waals surface area contributed by atoms with E-state index in [-0.39, 0.29) is 5.91 Å². The number of alkyl halides is 1. The number of hydrogen-bond donors (Lipinski definition) is 1. The van der Waals surface area contributed by atoms with E-state index in [2.05, 4.69) is 21.2 Å². The van der Waals surface area contributed by atoms with Gasteiger partial charge in [-0.15, -0.1) is 0 Å². The number of rotatable bonds is 4. The highest BCUT2D eigenvalue weighted by atomic mass is 79.9. The lowest BCUT2D eigenvalue weighted by Crippen LogP contribution is -2.30. The van der Waals surface area contributed by atoms with Gasteiger partial charge < -0.3 is 9.73 Å². The molecule has 1 aliphatic rings. The van der Waals surface area contributed by atoms with Crippen molar-refractivity contribution in [3.63, 3.8) is 0 Å². The van der Waals surface area contributed by atoms with E-state index in [1.54, 1.807) is 6.07 Å². The zero-order valence-corrected chi connectivity index (χ0v) is 12.9. The molecular formula is C16H18BrNO2. The van der Waals surface area contributed by atoms with E-state index in [1.165, 1.54) is 19.3 Å². The van der Waals surface area contributed by atoms with Crippen LogP contribution in [0.5, 0.6) is 0 Å². The van der Waals surface area contributed by atoms with Crippen LogP contribution in [0.4, 0.5) is 0 Å². The van der Waals surface area contributed by atoms with E-state index in [9.17, 15) is 4.79 Å². The monoisotopic (exact) mass is 335 g/mol. The number of hydrogen-bond acceptors (Lipinski definition) is 2. The molecule has 1 N–H and O–H groups in total. The molecule has 106 valence electrons. The van der Waals surface area contributed by atoms with Crippen molar-refractivity contribution >= 4 is 32.8 Å². The summed E-state index contributed by atoms with van der Waals surface area (Å²) in [4.78, 5) is 12.1. The molecule has 1 aromatic carbocycles. The van der Waals surface area contributed by atoms with Crippen molar-refractivity contribution in [1.29, 1.82) is 0 Å². The Labute approximate surface area is 126 Å². The minimum atomic E-state index is -0.110. The van der Waals surface area contributed by atoms with Gasteiger partial charge in [0.2, 0.25) is 0 Å². The fraction of sp³-hybridized carbons (Fsp3) is 0.438. The van der Waals surface area contributed by atoms with E-state index in [1.807, 2.05) is 24.3 Å². The summed E-state index contributed by atoms with van der Waals surface area (Å²) in [5.74, 6) is 1.56. The molecule has 3 rings (SSSR count). The number of carbonyl (C=O) groups excluding carboxylic acids is 1. The Hall–Kier alpha value is -1.29. The van der Waals surface area contributed by atoms with Gasteiger partial charge in [-0.25, -0.2) is 0 Å². The van der Waals surface area contributed by atoms with Crippen molar-refractivity contribution in [3.8, 4) is 0 Å². The summed E-state index contributed by atoms with van der Waals surface area (Å²) in [6, 6.07) is 9.49. The molecule has 2 aromatic rings. The second-order valence-corrected chi connectivity index (χ2v) is 6.11. The minimum absolute atomic E-state index is 0.110. The number of benzene rings is 1. The van der Waals surface area contributed by atoms with Gasteiger partial charge >= 0.3 is 0 Å². The first kappa shape index (κ1) is 13.7. The molecule has 0 radical (unpaired) electrons. The standard InChI is InChI=1S/C16H18BrNO2/c17-9-12-5-3-6-13(12)10-18-16(19)15-8-11-4-1-2-7-14(11)20-15/h1-2,4,7-8,12-13H,3,5-6,9-10H2,(H,18,19). The van der Waals surface area contributed by atoms with E-state index in [0.29, 0.717) is 17.6 Å². The van der Waals surface area contributed by atoms with Crippen molar-refractivity contribution in [2.45, 2.75) is 19.3 Å². The van der Waals surface area contributed by atoms with Crippen LogP contribution in [0.15, 0.2) is 34.7 Å². The number of fused-ring (bicyclic) bond motifs is 1.